The fourth-order valence-corrected chi connectivity index (χ4v) is 12.2. The minimum Gasteiger partial charge on any atom is -0.479 e. The van der Waals surface area contributed by atoms with Gasteiger partial charge in [0.2, 0.25) is 66.0 Å². The zero-order valence-electron chi connectivity index (χ0n) is 52.6. The SMILES string of the molecule is CC(C)C[C@H](NC(=O)[C@H](CCCNC=O)NC(=O)[C@@H](NC(=O)[C@@]1(NC(=O)[C@H]2CCCN2C(=O)[C@H](CC(C)C)NC(=O)[C@H](CCCNC=O)NC(=O)[C@@H](N)C(C)C)C[C@@H]1c1ccccc1)C(C)C)C(=O)N1CCC[C@@H]1C(=O)N[C@]1(C(=O)O)C[C@@H]1c1ccccc1. The number of nitrogens with zero attached hydrogens (tertiary/aromatic N) is 2. The van der Waals surface area contributed by atoms with Gasteiger partial charge in [-0.1, -0.05) is 116 Å². The highest BCUT2D eigenvalue weighted by Crippen LogP contribution is 2.53. The van der Waals surface area contributed by atoms with Gasteiger partial charge in [0.05, 0.1) is 6.04 Å². The van der Waals surface area contributed by atoms with Crippen molar-refractivity contribution in [3.63, 3.8) is 0 Å². The molecular weight excluding hydrogens is 1140 g/mol. The van der Waals surface area contributed by atoms with Crippen molar-refractivity contribution < 1.29 is 62.6 Å². The molecule has 2 aromatic carbocycles. The first-order valence-corrected chi connectivity index (χ1v) is 31.5. The van der Waals surface area contributed by atoms with Crippen molar-refractivity contribution in [2.45, 2.75) is 204 Å². The zero-order chi connectivity index (χ0) is 65.3. The van der Waals surface area contributed by atoms with Crippen molar-refractivity contribution in [3.8, 4) is 0 Å². The highest BCUT2D eigenvalue weighted by molar-refractivity contribution is 6.02. The predicted molar refractivity (Wildman–Crippen MR) is 329 cm³/mol. The molecule has 2 saturated heterocycles. The van der Waals surface area contributed by atoms with Crippen molar-refractivity contribution >= 4 is 72.0 Å². The average molecular weight is 1240 g/mol. The maximum atomic E-state index is 15.0. The minimum atomic E-state index is -1.61. The molecule has 0 spiro atoms. The zero-order valence-corrected chi connectivity index (χ0v) is 52.6. The van der Waals surface area contributed by atoms with E-state index in [9.17, 15) is 57.8 Å². The lowest BCUT2D eigenvalue weighted by Crippen LogP contribution is -2.62. The Morgan fingerprint density at radius 3 is 1.36 bits per heavy atom. The van der Waals surface area contributed by atoms with Crippen LogP contribution in [0.2, 0.25) is 0 Å². The summed E-state index contributed by atoms with van der Waals surface area (Å²) in [5, 5.41) is 35.3. The van der Waals surface area contributed by atoms with Crippen LogP contribution in [0.1, 0.15) is 155 Å². The number of carboxylic acids is 1. The first-order chi connectivity index (χ1) is 42.3. The van der Waals surface area contributed by atoms with Crippen LogP contribution in [0.5, 0.6) is 0 Å². The van der Waals surface area contributed by atoms with Crippen molar-refractivity contribution in [1.29, 1.82) is 0 Å². The number of likely N-dealkylation sites (tertiary alicyclic amines) is 2. The number of hydrogen-bond donors (Lipinski definition) is 11. The number of carbonyl (C=O) groups excluding carboxylic acids is 11. The van der Waals surface area contributed by atoms with E-state index in [-0.39, 0.29) is 102 Å². The van der Waals surface area contributed by atoms with Gasteiger partial charge >= 0.3 is 5.97 Å². The molecule has 0 radical (unpaired) electrons. The van der Waals surface area contributed by atoms with E-state index in [2.05, 4.69) is 47.9 Å². The lowest BCUT2D eigenvalue weighted by molar-refractivity contribution is -0.146. The fraction of sp³-hybridized carbons (Fsp3) is 0.625. The fourth-order valence-electron chi connectivity index (χ4n) is 12.2. The standard InChI is InChI=1S/C64H94N12O13/c1-37(2)31-47(70-53(79)45(23-15-27-66-35-77)68-57(83)51(65)39(5)6)59(85)75-29-17-25-49(75)55(81)73-63(33-43(63)41-19-11-9-12-20-41)61(87)72-52(40(7)8)58(84)69-46(24-16-28-67-36-78)54(80)71-48(32-38(3)4)60(86)76-30-18-26-50(76)56(82)74-64(62(88)89)34-44(64)42-21-13-10-14-22-42/h9-14,19-22,35-40,43-52H,15-18,23-34,65H2,1-8H3,(H,66,77)(H,67,78)(H,68,83)(H,69,84)(H,70,79)(H,71,80)(H,72,87)(H,73,81)(H,74,82)(H,88,89)/t43-,44-,45+,46+,47+,48+,49-,50-,51+,52+,63-,64-/m1/s1. The van der Waals surface area contributed by atoms with Gasteiger partial charge in [0.15, 0.2) is 0 Å². The molecule has 2 saturated carbocycles. The number of nitrogens with one attached hydrogen (secondary N) is 9. The highest BCUT2D eigenvalue weighted by atomic mass is 16.4. The molecule has 25 nitrogen and oxygen atoms in total. The van der Waals surface area contributed by atoms with E-state index in [4.69, 9.17) is 5.73 Å². The number of nitrogens with two attached hydrogens (primary N) is 1. The van der Waals surface area contributed by atoms with Crippen LogP contribution in [0, 0.1) is 23.7 Å². The molecule has 4 fully saturated rings. The second-order valence-corrected chi connectivity index (χ2v) is 25.8. The quantitative estimate of drug-likeness (QED) is 0.0343. The van der Waals surface area contributed by atoms with Gasteiger partial charge in [0, 0.05) is 38.0 Å². The predicted octanol–water partition coefficient (Wildman–Crippen LogP) is 1.35. The first-order valence-electron chi connectivity index (χ1n) is 31.5. The van der Waals surface area contributed by atoms with Crippen molar-refractivity contribution in [3.05, 3.63) is 71.8 Å². The number of benzene rings is 2. The lowest BCUT2D eigenvalue weighted by atomic mass is 9.99. The Morgan fingerprint density at radius 1 is 0.551 bits per heavy atom. The summed E-state index contributed by atoms with van der Waals surface area (Å²) in [5.74, 6) is -9.07. The molecule has 2 aliphatic heterocycles. The molecule has 6 rings (SSSR count). The number of carbonyl (C=O) groups is 12. The van der Waals surface area contributed by atoms with Crippen LogP contribution in [-0.2, 0) is 57.5 Å². The van der Waals surface area contributed by atoms with Crippen LogP contribution in [0.15, 0.2) is 60.7 Å². The van der Waals surface area contributed by atoms with E-state index in [1.54, 1.807) is 70.2 Å². The largest absolute Gasteiger partial charge is 0.479 e. The molecule has 0 unspecified atom stereocenters. The molecule has 25 heteroatoms. The molecule has 89 heavy (non-hydrogen) atoms. The van der Waals surface area contributed by atoms with Crippen LogP contribution in [-0.4, -0.2) is 172 Å². The van der Waals surface area contributed by atoms with E-state index in [0.717, 1.165) is 11.1 Å². The summed E-state index contributed by atoms with van der Waals surface area (Å²) in [4.78, 5) is 167. The van der Waals surface area contributed by atoms with Gasteiger partial charge in [-0.15, -0.1) is 0 Å². The third-order valence-corrected chi connectivity index (χ3v) is 17.4. The van der Waals surface area contributed by atoms with Crippen molar-refractivity contribution in [2.24, 2.45) is 29.4 Å². The maximum absolute atomic E-state index is 15.0. The van der Waals surface area contributed by atoms with E-state index < -0.39 is 136 Å². The van der Waals surface area contributed by atoms with Crippen molar-refractivity contribution in [1.82, 2.24) is 57.7 Å². The number of amides is 11. The number of hydrogen-bond acceptors (Lipinski definition) is 13. The molecule has 12 atom stereocenters. The normalized spacial score (nSPS) is 23.0. The van der Waals surface area contributed by atoms with Gasteiger partial charge in [0.1, 0.15) is 53.4 Å². The summed E-state index contributed by atoms with van der Waals surface area (Å²) in [6.45, 7) is 15.1. The van der Waals surface area contributed by atoms with Gasteiger partial charge in [-0.25, -0.2) is 4.79 Å². The van der Waals surface area contributed by atoms with E-state index >= 15 is 4.79 Å². The Kier molecular flexibility index (Phi) is 25.2. The molecule has 2 aromatic rings. The second-order valence-electron chi connectivity index (χ2n) is 25.8. The summed E-state index contributed by atoms with van der Waals surface area (Å²) in [5.41, 5.74) is 4.45. The first kappa shape index (κ1) is 70.1. The molecule has 12 N–H and O–H groups in total. The Balaban J connectivity index is 1.19. The molecule has 11 amide bonds. The summed E-state index contributed by atoms with van der Waals surface area (Å²) in [6, 6.07) is 9.01. The van der Waals surface area contributed by atoms with Gasteiger partial charge in [-0.3, -0.25) is 52.7 Å². The van der Waals surface area contributed by atoms with Gasteiger partial charge in [-0.05, 0) is 112 Å². The van der Waals surface area contributed by atoms with E-state index in [0.29, 0.717) is 32.1 Å². The number of aliphatic carboxylic acids is 1. The Bertz CT molecular complexity index is 2840. The van der Waals surface area contributed by atoms with Gasteiger partial charge in [0.25, 0.3) is 0 Å². The van der Waals surface area contributed by atoms with Gasteiger partial charge < -0.3 is 68.5 Å². The van der Waals surface area contributed by atoms with Crippen molar-refractivity contribution in [2.75, 3.05) is 26.2 Å². The molecule has 0 aromatic heterocycles. The average Bonchev–Trinajstić information content (AvgIpc) is 1.62. The minimum absolute atomic E-state index is 0.0207. The third-order valence-electron chi connectivity index (χ3n) is 17.4. The van der Waals surface area contributed by atoms with Crippen LogP contribution >= 0.6 is 0 Å². The molecule has 2 aliphatic carbocycles. The Hall–Kier alpha value is -7.96. The molecular formula is C64H94N12O13. The number of rotatable bonds is 35. The summed E-state index contributed by atoms with van der Waals surface area (Å²) in [6.07, 6.45) is 3.61. The topological polar surface area (TPSA) is 366 Å². The monoisotopic (exact) mass is 1240 g/mol. The summed E-state index contributed by atoms with van der Waals surface area (Å²) < 4.78 is 0. The second kappa shape index (κ2) is 32.0. The van der Waals surface area contributed by atoms with Crippen LogP contribution in [0.25, 0.3) is 0 Å². The van der Waals surface area contributed by atoms with Crippen LogP contribution < -0.4 is 53.6 Å². The lowest BCUT2D eigenvalue weighted by Gasteiger charge is -2.32. The Morgan fingerprint density at radius 2 is 0.955 bits per heavy atom. The third kappa shape index (κ3) is 18.1. The van der Waals surface area contributed by atoms with E-state index in [1.807, 2.05) is 45.9 Å². The number of carboxylic acid groups (broad SMARTS) is 1. The van der Waals surface area contributed by atoms with Crippen LogP contribution in [0.3, 0.4) is 0 Å². The molecule has 2 heterocycles. The van der Waals surface area contributed by atoms with E-state index in [1.165, 1.54) is 9.80 Å². The molecule has 4 aliphatic rings. The summed E-state index contributed by atoms with van der Waals surface area (Å²) >= 11 is 0. The summed E-state index contributed by atoms with van der Waals surface area (Å²) in [7, 11) is 0. The highest BCUT2D eigenvalue weighted by Gasteiger charge is 2.64. The van der Waals surface area contributed by atoms with Crippen LogP contribution in [0.4, 0.5) is 0 Å². The molecule has 0 bridgehead atoms. The Labute approximate surface area is 521 Å². The maximum Gasteiger partial charge on any atom is 0.330 e. The van der Waals surface area contributed by atoms with Gasteiger partial charge in [-0.2, -0.15) is 0 Å². The molecule has 488 valence electrons. The smallest absolute Gasteiger partial charge is 0.330 e.